The minimum Gasteiger partial charge on any atom is -0.492 e. The van der Waals surface area contributed by atoms with Crippen molar-refractivity contribution in [2.45, 2.75) is 31.2 Å². The average molecular weight is 486 g/mol. The molecule has 0 bridgehead atoms. The number of H-pyrrole nitrogens is 1. The van der Waals surface area contributed by atoms with Crippen LogP contribution in [-0.4, -0.2) is 40.6 Å². The highest BCUT2D eigenvalue weighted by Gasteiger charge is 2.48. The molecule has 182 valence electrons. The van der Waals surface area contributed by atoms with Crippen molar-refractivity contribution in [1.82, 2.24) is 20.3 Å². The van der Waals surface area contributed by atoms with Crippen LogP contribution in [0, 0.1) is 11.7 Å². The maximum atomic E-state index is 14.5. The second-order valence-electron chi connectivity index (χ2n) is 9.66. The van der Waals surface area contributed by atoms with Gasteiger partial charge < -0.3 is 25.1 Å². The zero-order valence-corrected chi connectivity index (χ0v) is 19.6. The number of hydrogen-bond acceptors (Lipinski definition) is 6. The number of carbonyl (C=O) groups is 1. The van der Waals surface area contributed by atoms with Crippen LogP contribution >= 0.6 is 0 Å². The summed E-state index contributed by atoms with van der Waals surface area (Å²) in [5.41, 5.74) is 5.21. The maximum absolute atomic E-state index is 14.5. The Hall–Kier alpha value is -4.14. The van der Waals surface area contributed by atoms with Gasteiger partial charge in [-0.25, -0.2) is 9.37 Å². The van der Waals surface area contributed by atoms with Crippen molar-refractivity contribution in [2.24, 2.45) is 5.92 Å². The second kappa shape index (κ2) is 7.94. The van der Waals surface area contributed by atoms with Gasteiger partial charge in [0.1, 0.15) is 5.52 Å². The minimum atomic E-state index is -0.492. The number of carbonyl (C=O) groups excluding carboxylic acids is 1. The van der Waals surface area contributed by atoms with E-state index in [1.54, 1.807) is 18.3 Å². The summed E-state index contributed by atoms with van der Waals surface area (Å²) in [5.74, 6) is 0.791. The smallest absolute Gasteiger partial charge is 0.255 e. The first kappa shape index (κ1) is 21.2. The lowest BCUT2D eigenvalue weighted by Crippen LogP contribution is -2.31. The molecule has 2 aliphatic carbocycles. The molecule has 0 unspecified atom stereocenters. The zero-order valence-electron chi connectivity index (χ0n) is 19.6. The Bertz CT molecular complexity index is 1530. The first-order chi connectivity index (χ1) is 17.6. The number of methoxy groups -OCH3 is 1. The predicted molar refractivity (Wildman–Crippen MR) is 132 cm³/mol. The Morgan fingerprint density at radius 2 is 2.08 bits per heavy atom. The van der Waals surface area contributed by atoms with E-state index in [1.165, 1.54) is 26.0 Å². The fourth-order valence-electron chi connectivity index (χ4n) is 5.00. The Labute approximate surface area is 206 Å². The standard InChI is InChI=1S/C27H24FN5O3/c1-35-26-16(28)3-2-4-18(26)30-25-21-23(15-11-19(15)31-27(21)34)33-24(25)14-9-10-29-17-7-8-20(32-22(14)17)36-12-13-5-6-13/h2-4,7-10,13,15,19,30,33H,5-6,11-12H2,1H3,(H,31,34)/t15-,19+/m0/s1. The third-order valence-electron chi connectivity index (χ3n) is 7.16. The van der Waals surface area contributed by atoms with E-state index in [9.17, 15) is 9.18 Å². The SMILES string of the molecule is COc1c(F)cccc1Nc1c(-c2ccnc3ccc(OCC4CC4)nc23)[nH]c2c1C(=O)N[C@@H]1C[C@H]21. The number of pyridine rings is 2. The number of rotatable bonds is 7. The van der Waals surface area contributed by atoms with Gasteiger partial charge in [0.15, 0.2) is 11.6 Å². The average Bonchev–Trinajstić information content (AvgIpc) is 3.81. The van der Waals surface area contributed by atoms with Crippen LogP contribution in [0.1, 0.15) is 41.2 Å². The summed E-state index contributed by atoms with van der Waals surface area (Å²) in [6.45, 7) is 0.653. The molecule has 2 atom stereocenters. The molecule has 0 radical (unpaired) electrons. The van der Waals surface area contributed by atoms with Crippen molar-refractivity contribution in [2.75, 3.05) is 19.0 Å². The number of benzene rings is 1. The predicted octanol–water partition coefficient (Wildman–Crippen LogP) is 4.90. The summed E-state index contributed by atoms with van der Waals surface area (Å²) in [7, 11) is 1.42. The van der Waals surface area contributed by atoms with Crippen molar-refractivity contribution < 1.29 is 18.7 Å². The van der Waals surface area contributed by atoms with Crippen LogP contribution in [0.3, 0.4) is 0 Å². The molecule has 0 spiro atoms. The molecule has 1 aliphatic heterocycles. The van der Waals surface area contributed by atoms with Crippen molar-refractivity contribution in [3.05, 3.63) is 59.7 Å². The molecule has 1 aromatic carbocycles. The summed E-state index contributed by atoms with van der Waals surface area (Å²) in [6, 6.07) is 10.4. The van der Waals surface area contributed by atoms with E-state index in [-0.39, 0.29) is 23.6 Å². The first-order valence-electron chi connectivity index (χ1n) is 12.2. The molecule has 9 heteroatoms. The number of anilines is 2. The molecule has 36 heavy (non-hydrogen) atoms. The van der Waals surface area contributed by atoms with Gasteiger partial charge in [-0.05, 0) is 49.4 Å². The summed E-state index contributed by atoms with van der Waals surface area (Å²) in [4.78, 5) is 25.9. The maximum Gasteiger partial charge on any atom is 0.255 e. The Morgan fingerprint density at radius 1 is 1.19 bits per heavy atom. The molecule has 2 fully saturated rings. The highest BCUT2D eigenvalue weighted by Crippen LogP contribution is 2.50. The van der Waals surface area contributed by atoms with Gasteiger partial charge in [-0.2, -0.15) is 0 Å². The van der Waals surface area contributed by atoms with Gasteiger partial charge in [-0.3, -0.25) is 9.78 Å². The number of aromatic amines is 1. The molecule has 7 rings (SSSR count). The van der Waals surface area contributed by atoms with E-state index in [1.807, 2.05) is 18.2 Å². The lowest BCUT2D eigenvalue weighted by atomic mass is 10.0. The van der Waals surface area contributed by atoms with Crippen molar-refractivity contribution >= 4 is 28.3 Å². The molecular weight excluding hydrogens is 461 g/mol. The number of aromatic nitrogens is 3. The number of ether oxygens (including phenoxy) is 2. The largest absolute Gasteiger partial charge is 0.492 e. The van der Waals surface area contributed by atoms with Crippen molar-refractivity contribution in [3.8, 4) is 22.9 Å². The number of amides is 1. The van der Waals surface area contributed by atoms with Crippen LogP contribution < -0.4 is 20.1 Å². The van der Waals surface area contributed by atoms with Crippen LogP contribution in [0.25, 0.3) is 22.3 Å². The lowest BCUT2D eigenvalue weighted by Gasteiger charge is -2.16. The van der Waals surface area contributed by atoms with Crippen LogP contribution in [0.2, 0.25) is 0 Å². The summed E-state index contributed by atoms with van der Waals surface area (Å²) in [5, 5.41) is 6.37. The molecule has 0 saturated heterocycles. The number of halogens is 1. The quantitative estimate of drug-likeness (QED) is 0.344. The van der Waals surface area contributed by atoms with Crippen LogP contribution in [0.5, 0.6) is 11.6 Å². The molecular formula is C27H24FN5O3. The van der Waals surface area contributed by atoms with Gasteiger partial charge in [-0.15, -0.1) is 0 Å². The van der Waals surface area contributed by atoms with Gasteiger partial charge in [0.25, 0.3) is 5.91 Å². The second-order valence-corrected chi connectivity index (χ2v) is 9.66. The normalized spacial score (nSPS) is 19.9. The monoisotopic (exact) mass is 485 g/mol. The van der Waals surface area contributed by atoms with Gasteiger partial charge in [0.2, 0.25) is 5.88 Å². The molecule has 1 amide bonds. The Balaban J connectivity index is 1.40. The van der Waals surface area contributed by atoms with Gasteiger partial charge >= 0.3 is 0 Å². The molecule has 3 N–H and O–H groups in total. The van der Waals surface area contributed by atoms with Crippen LogP contribution in [-0.2, 0) is 0 Å². The molecule has 4 heterocycles. The molecule has 2 saturated carbocycles. The van der Waals surface area contributed by atoms with E-state index in [0.29, 0.717) is 52.1 Å². The van der Waals surface area contributed by atoms with E-state index < -0.39 is 5.82 Å². The Kier molecular flexibility index (Phi) is 4.67. The van der Waals surface area contributed by atoms with Crippen molar-refractivity contribution in [1.29, 1.82) is 0 Å². The van der Waals surface area contributed by atoms with Gasteiger partial charge in [0.05, 0.1) is 41.9 Å². The third kappa shape index (κ3) is 3.45. The number of para-hydroxylation sites is 1. The zero-order chi connectivity index (χ0) is 24.4. The van der Waals surface area contributed by atoms with Gasteiger partial charge in [0, 0.05) is 35.5 Å². The number of hydrogen-bond donors (Lipinski definition) is 3. The fourth-order valence-corrected chi connectivity index (χ4v) is 5.00. The summed E-state index contributed by atoms with van der Waals surface area (Å²) in [6.07, 6.45) is 4.99. The highest BCUT2D eigenvalue weighted by atomic mass is 19.1. The number of nitrogens with zero attached hydrogens (tertiary/aromatic N) is 2. The van der Waals surface area contributed by atoms with Crippen LogP contribution in [0.4, 0.5) is 15.8 Å². The highest BCUT2D eigenvalue weighted by molar-refractivity contribution is 6.09. The van der Waals surface area contributed by atoms with Gasteiger partial charge in [-0.1, -0.05) is 6.07 Å². The third-order valence-corrected chi connectivity index (χ3v) is 7.16. The van der Waals surface area contributed by atoms with E-state index >= 15 is 0 Å². The van der Waals surface area contributed by atoms with E-state index in [4.69, 9.17) is 14.5 Å². The molecule has 3 aliphatic rings. The van der Waals surface area contributed by atoms with E-state index in [0.717, 1.165) is 17.7 Å². The first-order valence-corrected chi connectivity index (χ1v) is 12.2. The molecule has 4 aromatic rings. The summed E-state index contributed by atoms with van der Waals surface area (Å²) >= 11 is 0. The van der Waals surface area contributed by atoms with Crippen LogP contribution in [0.15, 0.2) is 42.6 Å². The summed E-state index contributed by atoms with van der Waals surface area (Å²) < 4.78 is 25.7. The topological polar surface area (TPSA) is 101 Å². The number of nitrogens with one attached hydrogen (secondary N) is 3. The van der Waals surface area contributed by atoms with E-state index in [2.05, 4.69) is 20.6 Å². The number of fused-ring (bicyclic) bond motifs is 4. The molecule has 3 aromatic heterocycles. The Morgan fingerprint density at radius 3 is 2.92 bits per heavy atom. The lowest BCUT2D eigenvalue weighted by molar-refractivity contribution is 0.0944. The fraction of sp³-hybridized carbons (Fsp3) is 0.296. The molecule has 8 nitrogen and oxygen atoms in total. The minimum absolute atomic E-state index is 0.0763. The van der Waals surface area contributed by atoms with Crippen molar-refractivity contribution in [3.63, 3.8) is 0 Å².